The molecule has 0 radical (unpaired) electrons. The van der Waals surface area contributed by atoms with E-state index in [0.29, 0.717) is 47.0 Å². The molecule has 2 aromatic heterocycles. The van der Waals surface area contributed by atoms with Crippen molar-refractivity contribution in [1.82, 2.24) is 19.4 Å². The van der Waals surface area contributed by atoms with Crippen molar-refractivity contribution in [2.75, 3.05) is 26.2 Å². The molecule has 1 saturated heterocycles. The van der Waals surface area contributed by atoms with Crippen LogP contribution in [0.1, 0.15) is 9.67 Å². The first-order chi connectivity index (χ1) is 13.5. The van der Waals surface area contributed by atoms with E-state index in [0.717, 1.165) is 0 Å². The zero-order valence-electron chi connectivity index (χ0n) is 14.9. The molecule has 0 spiro atoms. The van der Waals surface area contributed by atoms with Gasteiger partial charge >= 0.3 is 0 Å². The van der Waals surface area contributed by atoms with Crippen LogP contribution >= 0.6 is 22.9 Å². The summed E-state index contributed by atoms with van der Waals surface area (Å²) in [4.78, 5) is 46.0. The van der Waals surface area contributed by atoms with Crippen LogP contribution in [0.5, 0.6) is 0 Å². The molecule has 0 aliphatic carbocycles. The summed E-state index contributed by atoms with van der Waals surface area (Å²) in [6.45, 7) is 1.74. The fourth-order valence-corrected chi connectivity index (χ4v) is 4.07. The summed E-state index contributed by atoms with van der Waals surface area (Å²) < 4.78 is 1.30. The second-order valence-electron chi connectivity index (χ2n) is 6.49. The Bertz CT molecular complexity index is 1090. The number of halogens is 1. The first kappa shape index (κ1) is 18.6. The van der Waals surface area contributed by atoms with Crippen LogP contribution in [-0.2, 0) is 11.3 Å². The Balaban J connectivity index is 1.42. The fraction of sp³-hybridized carbons (Fsp3) is 0.263. The number of aromatic nitrogens is 2. The number of thiophene rings is 1. The predicted molar refractivity (Wildman–Crippen MR) is 108 cm³/mol. The fourth-order valence-electron chi connectivity index (χ4n) is 3.20. The molecular formula is C19H17ClN4O3S. The molecule has 7 nitrogen and oxygen atoms in total. The number of carbonyl (C=O) groups excluding carboxylic acids is 2. The molecule has 3 aromatic rings. The van der Waals surface area contributed by atoms with E-state index in [2.05, 4.69) is 4.98 Å². The third-order valence-electron chi connectivity index (χ3n) is 4.74. The number of hydrogen-bond donors (Lipinski definition) is 0. The van der Waals surface area contributed by atoms with Gasteiger partial charge in [-0.15, -0.1) is 11.3 Å². The molecule has 2 amide bonds. The van der Waals surface area contributed by atoms with E-state index < -0.39 is 0 Å². The van der Waals surface area contributed by atoms with Crippen molar-refractivity contribution in [2.24, 2.45) is 0 Å². The van der Waals surface area contributed by atoms with Crippen LogP contribution < -0.4 is 5.56 Å². The molecular weight excluding hydrogens is 400 g/mol. The lowest BCUT2D eigenvalue weighted by Gasteiger charge is -2.34. The van der Waals surface area contributed by atoms with Gasteiger partial charge in [0.1, 0.15) is 6.54 Å². The molecule has 3 heterocycles. The Morgan fingerprint density at radius 2 is 1.86 bits per heavy atom. The Kier molecular flexibility index (Phi) is 5.15. The zero-order chi connectivity index (χ0) is 19.7. The van der Waals surface area contributed by atoms with Gasteiger partial charge in [-0.05, 0) is 29.6 Å². The molecule has 28 heavy (non-hydrogen) atoms. The summed E-state index contributed by atoms with van der Waals surface area (Å²) in [6, 6.07) is 8.55. The lowest BCUT2D eigenvalue weighted by atomic mass is 10.2. The first-order valence-corrected chi connectivity index (χ1v) is 10.0. The summed E-state index contributed by atoms with van der Waals surface area (Å²) >= 11 is 7.37. The molecule has 9 heteroatoms. The van der Waals surface area contributed by atoms with Crippen LogP contribution in [-0.4, -0.2) is 57.3 Å². The average molecular weight is 417 g/mol. The molecule has 1 fully saturated rings. The Morgan fingerprint density at radius 1 is 1.11 bits per heavy atom. The summed E-state index contributed by atoms with van der Waals surface area (Å²) in [7, 11) is 0. The topological polar surface area (TPSA) is 75.5 Å². The highest BCUT2D eigenvalue weighted by molar-refractivity contribution is 7.12. The van der Waals surface area contributed by atoms with Gasteiger partial charge in [-0.3, -0.25) is 19.0 Å². The van der Waals surface area contributed by atoms with Crippen molar-refractivity contribution in [1.29, 1.82) is 0 Å². The monoisotopic (exact) mass is 416 g/mol. The maximum Gasteiger partial charge on any atom is 0.264 e. The van der Waals surface area contributed by atoms with Crippen molar-refractivity contribution in [3.8, 4) is 0 Å². The lowest BCUT2D eigenvalue weighted by molar-refractivity contribution is -0.133. The minimum absolute atomic E-state index is 0.00562. The van der Waals surface area contributed by atoms with Gasteiger partial charge in [-0.2, -0.15) is 0 Å². The highest BCUT2D eigenvalue weighted by Crippen LogP contribution is 2.15. The van der Waals surface area contributed by atoms with E-state index in [1.807, 2.05) is 11.4 Å². The minimum Gasteiger partial charge on any atom is -0.338 e. The molecule has 1 aliphatic rings. The smallest absolute Gasteiger partial charge is 0.264 e. The van der Waals surface area contributed by atoms with Crippen LogP contribution in [0.2, 0.25) is 5.02 Å². The van der Waals surface area contributed by atoms with E-state index in [1.165, 1.54) is 22.2 Å². The number of piperazine rings is 1. The van der Waals surface area contributed by atoms with Gasteiger partial charge in [0.15, 0.2) is 0 Å². The molecule has 144 valence electrons. The van der Waals surface area contributed by atoms with E-state index in [9.17, 15) is 14.4 Å². The molecule has 0 N–H and O–H groups in total. The van der Waals surface area contributed by atoms with Gasteiger partial charge in [0.05, 0.1) is 22.1 Å². The van der Waals surface area contributed by atoms with Crippen molar-refractivity contribution in [3.05, 3.63) is 62.3 Å². The number of carbonyl (C=O) groups is 2. The minimum atomic E-state index is -0.299. The SMILES string of the molecule is O=C(Cn1cnc2ccc(Cl)cc2c1=O)N1CCN(C(=O)c2cccs2)CC1. The maximum atomic E-state index is 12.6. The largest absolute Gasteiger partial charge is 0.338 e. The van der Waals surface area contributed by atoms with Crippen LogP contribution in [0.15, 0.2) is 46.8 Å². The molecule has 0 unspecified atom stereocenters. The molecule has 0 saturated carbocycles. The lowest BCUT2D eigenvalue weighted by Crippen LogP contribution is -2.51. The second kappa shape index (κ2) is 7.73. The maximum absolute atomic E-state index is 12.6. The summed E-state index contributed by atoms with van der Waals surface area (Å²) in [5, 5.41) is 2.70. The van der Waals surface area contributed by atoms with E-state index in [1.54, 1.807) is 34.1 Å². The Hall–Kier alpha value is -2.71. The van der Waals surface area contributed by atoms with Crippen LogP contribution in [0.25, 0.3) is 10.9 Å². The van der Waals surface area contributed by atoms with Gasteiger partial charge in [-0.1, -0.05) is 17.7 Å². The standard InChI is InChI=1S/C19H17ClN4O3S/c20-13-3-4-15-14(10-13)18(26)24(12-21-15)11-17(25)22-5-7-23(8-6-22)19(27)16-2-1-9-28-16/h1-4,9-10,12H,5-8,11H2. The molecule has 0 bridgehead atoms. The third-order valence-corrected chi connectivity index (χ3v) is 5.84. The van der Waals surface area contributed by atoms with Crippen molar-refractivity contribution >= 4 is 45.7 Å². The van der Waals surface area contributed by atoms with Gasteiger partial charge in [-0.25, -0.2) is 4.98 Å². The molecule has 0 atom stereocenters. The normalized spacial score (nSPS) is 14.5. The third kappa shape index (κ3) is 3.65. The van der Waals surface area contributed by atoms with E-state index in [4.69, 9.17) is 11.6 Å². The predicted octanol–water partition coefficient (Wildman–Crippen LogP) is 2.10. The quantitative estimate of drug-likeness (QED) is 0.655. The molecule has 1 aliphatic heterocycles. The summed E-state index contributed by atoms with van der Waals surface area (Å²) in [5.41, 5.74) is 0.242. The van der Waals surface area contributed by atoms with Gasteiger partial charge in [0.2, 0.25) is 5.91 Å². The Morgan fingerprint density at radius 3 is 2.57 bits per heavy atom. The average Bonchev–Trinajstić information content (AvgIpc) is 3.25. The van der Waals surface area contributed by atoms with E-state index >= 15 is 0 Å². The first-order valence-electron chi connectivity index (χ1n) is 8.78. The second-order valence-corrected chi connectivity index (χ2v) is 7.87. The van der Waals surface area contributed by atoms with Gasteiger partial charge in [0.25, 0.3) is 11.5 Å². The van der Waals surface area contributed by atoms with Crippen LogP contribution in [0.4, 0.5) is 0 Å². The number of fused-ring (bicyclic) bond motifs is 1. The highest BCUT2D eigenvalue weighted by atomic mass is 35.5. The zero-order valence-corrected chi connectivity index (χ0v) is 16.4. The van der Waals surface area contributed by atoms with Gasteiger partial charge < -0.3 is 9.80 Å². The highest BCUT2D eigenvalue weighted by Gasteiger charge is 2.25. The van der Waals surface area contributed by atoms with Gasteiger partial charge in [0, 0.05) is 31.2 Å². The number of rotatable bonds is 3. The van der Waals surface area contributed by atoms with Crippen molar-refractivity contribution in [3.63, 3.8) is 0 Å². The Labute approximate surface area is 169 Å². The number of hydrogen-bond acceptors (Lipinski definition) is 5. The summed E-state index contributed by atoms with van der Waals surface area (Å²) in [6.07, 6.45) is 1.38. The van der Waals surface area contributed by atoms with Crippen molar-refractivity contribution in [2.45, 2.75) is 6.54 Å². The molecule has 1 aromatic carbocycles. The number of nitrogens with zero attached hydrogens (tertiary/aromatic N) is 4. The van der Waals surface area contributed by atoms with Crippen molar-refractivity contribution < 1.29 is 9.59 Å². The van der Waals surface area contributed by atoms with Crippen LogP contribution in [0, 0.1) is 0 Å². The van der Waals surface area contributed by atoms with E-state index in [-0.39, 0.29) is 23.9 Å². The summed E-state index contributed by atoms with van der Waals surface area (Å²) in [5.74, 6) is -0.178. The number of amides is 2. The number of benzene rings is 1. The molecule has 4 rings (SSSR count). The van der Waals surface area contributed by atoms with Crippen LogP contribution in [0.3, 0.4) is 0 Å².